The fourth-order valence-electron chi connectivity index (χ4n) is 5.24. The van der Waals surface area contributed by atoms with Crippen molar-refractivity contribution < 1.29 is 9.32 Å². The van der Waals surface area contributed by atoms with E-state index in [0.717, 1.165) is 29.2 Å². The molecule has 0 spiro atoms. The van der Waals surface area contributed by atoms with Crippen LogP contribution in [0.1, 0.15) is 37.9 Å². The molecule has 2 N–H and O–H groups in total. The third-order valence-electron chi connectivity index (χ3n) is 7.52. The van der Waals surface area contributed by atoms with Gasteiger partial charge in [-0.05, 0) is 39.8 Å². The van der Waals surface area contributed by atoms with E-state index in [1.807, 2.05) is 12.1 Å². The first-order valence-corrected chi connectivity index (χ1v) is 13.9. The van der Waals surface area contributed by atoms with Gasteiger partial charge in [0.15, 0.2) is 5.96 Å². The molecule has 0 saturated heterocycles. The minimum absolute atomic E-state index is 0.0455. The number of hydrogen-bond donors (Lipinski definition) is 2. The van der Waals surface area contributed by atoms with Gasteiger partial charge in [0, 0.05) is 51.6 Å². The van der Waals surface area contributed by atoms with E-state index >= 15 is 0 Å². The number of amides is 1. The maximum atomic E-state index is 13.7. The van der Waals surface area contributed by atoms with Gasteiger partial charge in [-0.15, -0.1) is 0 Å². The van der Waals surface area contributed by atoms with E-state index in [2.05, 4.69) is 44.5 Å². The van der Waals surface area contributed by atoms with Gasteiger partial charge in [-0.1, -0.05) is 11.2 Å². The third-order valence-corrected chi connectivity index (χ3v) is 7.52. The molecule has 2 aliphatic rings. The number of guanidine groups is 1. The highest BCUT2D eigenvalue weighted by atomic mass is 16.5. The quantitative estimate of drug-likeness (QED) is 0.401. The molecule has 0 radical (unpaired) electrons. The molecule has 1 amide bonds. The molecule has 14 heteroatoms. The fourth-order valence-corrected chi connectivity index (χ4v) is 5.24. The van der Waals surface area contributed by atoms with Gasteiger partial charge in [-0.3, -0.25) is 18.7 Å². The van der Waals surface area contributed by atoms with Crippen LogP contribution in [0.2, 0.25) is 0 Å². The number of anilines is 3. The number of carbonyl (C=O) groups is 1. The summed E-state index contributed by atoms with van der Waals surface area (Å²) >= 11 is 0. The highest BCUT2D eigenvalue weighted by molar-refractivity contribution is 5.97. The van der Waals surface area contributed by atoms with Crippen molar-refractivity contribution in [1.82, 2.24) is 29.5 Å². The lowest BCUT2D eigenvalue weighted by Crippen LogP contribution is -2.46. The number of nitrogens with one attached hydrogen (secondary N) is 2. The van der Waals surface area contributed by atoms with Gasteiger partial charge in [0.2, 0.25) is 5.91 Å². The second kappa shape index (κ2) is 11.5. The zero-order chi connectivity index (χ0) is 30.1. The largest absolute Gasteiger partial charge is 0.361 e. The predicted octanol–water partition coefficient (Wildman–Crippen LogP) is 1.17. The number of rotatable bonds is 8. The number of pyridine rings is 1. The zero-order valence-electron chi connectivity index (χ0n) is 24.7. The van der Waals surface area contributed by atoms with Gasteiger partial charge in [-0.25, -0.2) is 14.8 Å². The zero-order valence-corrected chi connectivity index (χ0v) is 24.7. The molecular formula is C28H36N10O4. The molecule has 0 saturated carbocycles. The van der Waals surface area contributed by atoms with Crippen molar-refractivity contribution in [3.63, 3.8) is 0 Å². The predicted molar refractivity (Wildman–Crippen MR) is 161 cm³/mol. The Hall–Kier alpha value is -4.88. The number of fused-ring (bicyclic) bond motifs is 1. The fraction of sp³-hybridized carbons (Fsp3) is 0.429. The highest BCUT2D eigenvalue weighted by Gasteiger charge is 2.36. The summed E-state index contributed by atoms with van der Waals surface area (Å²) in [5, 5.41) is 10.2. The van der Waals surface area contributed by atoms with Crippen molar-refractivity contribution in [3.05, 3.63) is 68.5 Å². The maximum Gasteiger partial charge on any atom is 0.332 e. The van der Waals surface area contributed by atoms with Crippen LogP contribution in [0, 0.1) is 6.92 Å². The van der Waals surface area contributed by atoms with Crippen molar-refractivity contribution >= 4 is 34.8 Å². The Balaban J connectivity index is 1.38. The molecule has 5 heterocycles. The Morgan fingerprint density at radius 3 is 2.62 bits per heavy atom. The van der Waals surface area contributed by atoms with Crippen LogP contribution < -0.4 is 31.7 Å². The summed E-state index contributed by atoms with van der Waals surface area (Å²) in [6.07, 6.45) is 1.80. The summed E-state index contributed by atoms with van der Waals surface area (Å²) in [6, 6.07) is 6.34. The first kappa shape index (κ1) is 28.6. The van der Waals surface area contributed by atoms with E-state index < -0.39 is 17.3 Å². The van der Waals surface area contributed by atoms with E-state index in [9.17, 15) is 14.4 Å². The normalized spacial score (nSPS) is 15.1. The van der Waals surface area contributed by atoms with Crippen LogP contribution in [0.15, 0.2) is 49.6 Å². The molecule has 2 aliphatic heterocycles. The Bertz CT molecular complexity index is 1680. The van der Waals surface area contributed by atoms with Crippen LogP contribution in [-0.2, 0) is 18.4 Å². The molecule has 0 fully saturated rings. The SMILES string of the molecule is CCN(CC)C1=NC=C(c2cccc(NC(=O)[C@H](C)N3CN(C)c4c3c(=O)n(Cc3cc(C)on3)c(=O)n4C)n2)CN1. The number of carbonyl (C=O) groups excluding carboxylic acids is 1. The van der Waals surface area contributed by atoms with Gasteiger partial charge in [0.05, 0.1) is 18.9 Å². The van der Waals surface area contributed by atoms with Crippen molar-refractivity contribution in [3.8, 4) is 0 Å². The first-order valence-electron chi connectivity index (χ1n) is 13.9. The van der Waals surface area contributed by atoms with E-state index in [0.29, 0.717) is 35.3 Å². The molecule has 0 unspecified atom stereocenters. The van der Waals surface area contributed by atoms with Gasteiger partial charge in [0.1, 0.15) is 34.8 Å². The van der Waals surface area contributed by atoms with Crippen molar-refractivity contribution in [1.29, 1.82) is 0 Å². The molecular weight excluding hydrogens is 540 g/mol. The Labute approximate surface area is 242 Å². The second-order valence-corrected chi connectivity index (χ2v) is 10.3. The number of aromatic nitrogens is 4. The topological polar surface area (TPSA) is 146 Å². The monoisotopic (exact) mass is 576 g/mol. The van der Waals surface area contributed by atoms with Crippen molar-refractivity contribution in [2.75, 3.05) is 48.5 Å². The molecule has 5 rings (SSSR count). The molecule has 3 aromatic rings. The molecule has 14 nitrogen and oxygen atoms in total. The molecule has 0 aliphatic carbocycles. The summed E-state index contributed by atoms with van der Waals surface area (Å²) in [7, 11) is 3.38. The van der Waals surface area contributed by atoms with Crippen molar-refractivity contribution in [2.24, 2.45) is 12.0 Å². The average Bonchev–Trinajstić information content (AvgIpc) is 3.57. The van der Waals surface area contributed by atoms with Gasteiger partial charge < -0.3 is 29.9 Å². The molecule has 42 heavy (non-hydrogen) atoms. The van der Waals surface area contributed by atoms with Crippen LogP contribution in [0.4, 0.5) is 17.3 Å². The third kappa shape index (κ3) is 5.27. The lowest BCUT2D eigenvalue weighted by Gasteiger charge is -2.26. The lowest BCUT2D eigenvalue weighted by atomic mass is 10.1. The number of nitrogens with zero attached hydrogens (tertiary/aromatic N) is 8. The number of aliphatic imine (C=N–C) groups is 1. The van der Waals surface area contributed by atoms with E-state index in [1.54, 1.807) is 56.1 Å². The van der Waals surface area contributed by atoms with Crippen molar-refractivity contribution in [2.45, 2.75) is 40.3 Å². The first-order chi connectivity index (χ1) is 20.1. The standard InChI is InChI=1S/C28H36N10O4/c1-7-36(8-2)27-29-13-19(14-30-27)21-10-9-11-22(31-21)32-24(39)18(4)38-16-34(5)25-23(38)26(40)37(28(41)35(25)6)15-20-12-17(3)42-33-20/h9-13,18H,7-8,14-16H2,1-6H3,(H,29,30)(H,31,32,39)/t18-/m0/s1. The minimum atomic E-state index is -0.746. The van der Waals surface area contributed by atoms with Gasteiger partial charge in [-0.2, -0.15) is 0 Å². The number of aryl methyl sites for hydroxylation is 1. The summed E-state index contributed by atoms with van der Waals surface area (Å²) in [6.45, 7) is 10.1. The molecule has 222 valence electrons. The highest BCUT2D eigenvalue weighted by Crippen LogP contribution is 2.32. The summed E-state index contributed by atoms with van der Waals surface area (Å²) in [4.78, 5) is 55.0. The average molecular weight is 577 g/mol. The Kier molecular flexibility index (Phi) is 7.87. The summed E-state index contributed by atoms with van der Waals surface area (Å²) in [5.74, 6) is 1.89. The van der Waals surface area contributed by atoms with Crippen LogP contribution in [-0.4, -0.2) is 75.4 Å². The molecule has 0 bridgehead atoms. The Morgan fingerprint density at radius 2 is 1.98 bits per heavy atom. The van der Waals surface area contributed by atoms with Crippen LogP contribution in [0.25, 0.3) is 5.57 Å². The Morgan fingerprint density at radius 1 is 1.21 bits per heavy atom. The van der Waals surface area contributed by atoms with Crippen LogP contribution in [0.5, 0.6) is 0 Å². The molecule has 0 aromatic carbocycles. The van der Waals surface area contributed by atoms with E-state index in [4.69, 9.17) is 4.52 Å². The molecule has 1 atom stereocenters. The van der Waals surface area contributed by atoms with Gasteiger partial charge >= 0.3 is 5.69 Å². The minimum Gasteiger partial charge on any atom is -0.361 e. The van der Waals surface area contributed by atoms with Crippen LogP contribution >= 0.6 is 0 Å². The van der Waals surface area contributed by atoms with Gasteiger partial charge in [0.25, 0.3) is 5.56 Å². The lowest BCUT2D eigenvalue weighted by molar-refractivity contribution is -0.117. The maximum absolute atomic E-state index is 13.7. The second-order valence-electron chi connectivity index (χ2n) is 10.3. The number of hydrogen-bond acceptors (Lipinski definition) is 11. The molecule has 3 aromatic heterocycles. The van der Waals surface area contributed by atoms with E-state index in [-0.39, 0.29) is 24.8 Å². The smallest absolute Gasteiger partial charge is 0.332 e. The van der Waals surface area contributed by atoms with E-state index in [1.165, 1.54) is 4.57 Å². The summed E-state index contributed by atoms with van der Waals surface area (Å²) in [5.41, 5.74) is 1.34. The van der Waals surface area contributed by atoms with Crippen LogP contribution in [0.3, 0.4) is 0 Å². The summed E-state index contributed by atoms with van der Waals surface area (Å²) < 4.78 is 7.63.